The Morgan fingerprint density at radius 1 is 1.27 bits per heavy atom. The predicted octanol–water partition coefficient (Wildman–Crippen LogP) is 3.47. The number of benzene rings is 1. The number of amides is 1. The number of carbonyl (C=O) groups is 1. The maximum Gasteiger partial charge on any atom is 0.263 e. The Labute approximate surface area is 165 Å². The SMILES string of the molecule is CC1CN(C2CCN(C(=O)C(C)Oc3ccc(Cl)cc3Cl)CC2)CCO1. The van der Waals surface area contributed by atoms with Gasteiger partial charge in [-0.15, -0.1) is 0 Å². The normalized spacial score (nSPS) is 23.7. The minimum atomic E-state index is -0.575. The molecular weight excluding hydrogens is 375 g/mol. The van der Waals surface area contributed by atoms with Crippen LogP contribution < -0.4 is 4.74 Å². The molecule has 144 valence electrons. The Morgan fingerprint density at radius 2 is 2.00 bits per heavy atom. The smallest absolute Gasteiger partial charge is 0.263 e. The van der Waals surface area contributed by atoms with Crippen molar-refractivity contribution in [2.75, 3.05) is 32.8 Å². The monoisotopic (exact) mass is 400 g/mol. The van der Waals surface area contributed by atoms with Crippen LogP contribution in [0.3, 0.4) is 0 Å². The van der Waals surface area contributed by atoms with Crippen LogP contribution in [-0.2, 0) is 9.53 Å². The van der Waals surface area contributed by atoms with Crippen LogP contribution in [-0.4, -0.2) is 66.7 Å². The van der Waals surface area contributed by atoms with Gasteiger partial charge in [0.15, 0.2) is 6.10 Å². The van der Waals surface area contributed by atoms with E-state index in [4.69, 9.17) is 32.7 Å². The first kappa shape index (κ1) is 19.7. The zero-order valence-electron chi connectivity index (χ0n) is 15.3. The van der Waals surface area contributed by atoms with Gasteiger partial charge in [-0.25, -0.2) is 0 Å². The number of ether oxygens (including phenoxy) is 2. The van der Waals surface area contributed by atoms with E-state index in [-0.39, 0.29) is 5.91 Å². The molecule has 0 aromatic heterocycles. The van der Waals surface area contributed by atoms with Crippen LogP contribution in [0.25, 0.3) is 0 Å². The summed E-state index contributed by atoms with van der Waals surface area (Å²) in [6.07, 6.45) is 1.70. The van der Waals surface area contributed by atoms with Crippen LogP contribution in [0.5, 0.6) is 5.75 Å². The molecule has 26 heavy (non-hydrogen) atoms. The van der Waals surface area contributed by atoms with Gasteiger partial charge in [0.05, 0.1) is 17.7 Å². The molecule has 0 saturated carbocycles. The zero-order valence-corrected chi connectivity index (χ0v) is 16.8. The maximum absolute atomic E-state index is 12.7. The van der Waals surface area contributed by atoms with Gasteiger partial charge in [-0.1, -0.05) is 23.2 Å². The van der Waals surface area contributed by atoms with Gasteiger partial charge in [-0.3, -0.25) is 9.69 Å². The van der Waals surface area contributed by atoms with Crippen molar-refractivity contribution in [1.29, 1.82) is 0 Å². The molecule has 2 fully saturated rings. The highest BCUT2D eigenvalue weighted by Crippen LogP contribution is 2.29. The van der Waals surface area contributed by atoms with E-state index in [2.05, 4.69) is 11.8 Å². The van der Waals surface area contributed by atoms with Gasteiger partial charge in [0.2, 0.25) is 0 Å². The second-order valence-electron chi connectivity index (χ2n) is 7.07. The summed E-state index contributed by atoms with van der Waals surface area (Å²) in [5.74, 6) is 0.485. The van der Waals surface area contributed by atoms with Crippen LogP contribution in [0.1, 0.15) is 26.7 Å². The fourth-order valence-corrected chi connectivity index (χ4v) is 4.15. The van der Waals surface area contributed by atoms with E-state index in [0.29, 0.717) is 27.9 Å². The van der Waals surface area contributed by atoms with Gasteiger partial charge in [-0.2, -0.15) is 0 Å². The topological polar surface area (TPSA) is 42.0 Å². The van der Waals surface area contributed by atoms with Crippen molar-refractivity contribution in [3.8, 4) is 5.75 Å². The first-order valence-corrected chi connectivity index (χ1v) is 9.96. The minimum absolute atomic E-state index is 0.00446. The third kappa shape index (κ3) is 4.83. The molecule has 0 spiro atoms. The summed E-state index contributed by atoms with van der Waals surface area (Å²) >= 11 is 12.0. The second-order valence-corrected chi connectivity index (χ2v) is 7.91. The van der Waals surface area contributed by atoms with Crippen molar-refractivity contribution in [2.24, 2.45) is 0 Å². The maximum atomic E-state index is 12.7. The van der Waals surface area contributed by atoms with Crippen molar-refractivity contribution >= 4 is 29.1 Å². The molecule has 2 unspecified atom stereocenters. The van der Waals surface area contributed by atoms with Gasteiger partial charge in [0, 0.05) is 37.2 Å². The van der Waals surface area contributed by atoms with E-state index in [9.17, 15) is 4.79 Å². The molecule has 2 heterocycles. The number of carbonyl (C=O) groups excluding carboxylic acids is 1. The quantitative estimate of drug-likeness (QED) is 0.775. The number of nitrogens with zero attached hydrogens (tertiary/aromatic N) is 2. The largest absolute Gasteiger partial charge is 0.479 e. The van der Waals surface area contributed by atoms with Crippen molar-refractivity contribution in [1.82, 2.24) is 9.80 Å². The van der Waals surface area contributed by atoms with Crippen LogP contribution in [0.2, 0.25) is 10.0 Å². The molecule has 1 amide bonds. The van der Waals surface area contributed by atoms with E-state index in [1.54, 1.807) is 25.1 Å². The van der Waals surface area contributed by atoms with Gasteiger partial charge in [0.25, 0.3) is 5.91 Å². The van der Waals surface area contributed by atoms with Crippen LogP contribution in [0.15, 0.2) is 18.2 Å². The predicted molar refractivity (Wildman–Crippen MR) is 103 cm³/mol. The fourth-order valence-electron chi connectivity index (χ4n) is 3.70. The molecule has 0 N–H and O–H groups in total. The lowest BCUT2D eigenvalue weighted by molar-refractivity contribution is -0.140. The summed E-state index contributed by atoms with van der Waals surface area (Å²) in [5, 5.41) is 0.957. The average Bonchev–Trinajstić information content (AvgIpc) is 2.63. The van der Waals surface area contributed by atoms with Gasteiger partial charge >= 0.3 is 0 Å². The summed E-state index contributed by atoms with van der Waals surface area (Å²) in [6.45, 7) is 8.17. The highest BCUT2D eigenvalue weighted by atomic mass is 35.5. The summed E-state index contributed by atoms with van der Waals surface area (Å²) in [5.41, 5.74) is 0. The number of rotatable bonds is 4. The van der Waals surface area contributed by atoms with Gasteiger partial charge in [-0.05, 0) is 44.9 Å². The van der Waals surface area contributed by atoms with Crippen LogP contribution >= 0.6 is 23.2 Å². The molecular formula is C19H26Cl2N2O3. The number of likely N-dealkylation sites (tertiary alicyclic amines) is 1. The molecule has 1 aromatic carbocycles. The second kappa shape index (κ2) is 8.79. The summed E-state index contributed by atoms with van der Waals surface area (Å²) < 4.78 is 11.4. The minimum Gasteiger partial charge on any atom is -0.479 e. The highest BCUT2D eigenvalue weighted by Gasteiger charge is 2.31. The zero-order chi connectivity index (χ0) is 18.7. The summed E-state index contributed by atoms with van der Waals surface area (Å²) in [4.78, 5) is 17.1. The molecule has 3 rings (SSSR count). The Bertz CT molecular complexity index is 635. The van der Waals surface area contributed by atoms with E-state index >= 15 is 0 Å². The molecule has 2 aliphatic rings. The Hall–Kier alpha value is -1.01. The molecule has 1 aromatic rings. The number of piperidine rings is 1. The number of morpholine rings is 1. The van der Waals surface area contributed by atoms with E-state index in [1.807, 2.05) is 4.90 Å². The van der Waals surface area contributed by atoms with Crippen molar-refractivity contribution in [3.05, 3.63) is 28.2 Å². The lowest BCUT2D eigenvalue weighted by Gasteiger charge is -2.42. The third-order valence-electron chi connectivity index (χ3n) is 5.11. The van der Waals surface area contributed by atoms with Crippen molar-refractivity contribution in [2.45, 2.75) is 44.9 Å². The Kier molecular flexibility index (Phi) is 6.67. The average molecular weight is 401 g/mol. The van der Waals surface area contributed by atoms with Crippen molar-refractivity contribution in [3.63, 3.8) is 0 Å². The first-order chi connectivity index (χ1) is 12.4. The molecule has 0 radical (unpaired) electrons. The number of hydrogen-bond donors (Lipinski definition) is 0. The molecule has 7 heteroatoms. The lowest BCUT2D eigenvalue weighted by atomic mass is 10.0. The standard InChI is InChI=1S/C19H26Cl2N2O3/c1-13-12-23(9-10-25-13)16-5-7-22(8-6-16)19(24)14(2)26-18-4-3-15(20)11-17(18)21/h3-4,11,13-14,16H,5-10,12H2,1-2H3. The summed E-state index contributed by atoms with van der Waals surface area (Å²) in [6, 6.07) is 5.55. The third-order valence-corrected chi connectivity index (χ3v) is 5.64. The number of hydrogen-bond acceptors (Lipinski definition) is 4. The molecule has 0 aliphatic carbocycles. The van der Waals surface area contributed by atoms with E-state index in [1.165, 1.54) is 0 Å². The Morgan fingerprint density at radius 3 is 2.65 bits per heavy atom. The van der Waals surface area contributed by atoms with E-state index in [0.717, 1.165) is 45.6 Å². The first-order valence-electron chi connectivity index (χ1n) is 9.20. The van der Waals surface area contributed by atoms with Crippen molar-refractivity contribution < 1.29 is 14.3 Å². The van der Waals surface area contributed by atoms with Crippen LogP contribution in [0.4, 0.5) is 0 Å². The van der Waals surface area contributed by atoms with Gasteiger partial charge < -0.3 is 14.4 Å². The molecule has 5 nitrogen and oxygen atoms in total. The van der Waals surface area contributed by atoms with Crippen LogP contribution in [0, 0.1) is 0 Å². The van der Waals surface area contributed by atoms with Gasteiger partial charge in [0.1, 0.15) is 5.75 Å². The molecule has 0 bridgehead atoms. The van der Waals surface area contributed by atoms with E-state index < -0.39 is 6.10 Å². The summed E-state index contributed by atoms with van der Waals surface area (Å²) in [7, 11) is 0. The molecule has 2 aliphatic heterocycles. The molecule has 2 atom stereocenters. The molecule has 2 saturated heterocycles. The lowest BCUT2D eigenvalue weighted by Crippen LogP contribution is -2.53. The Balaban J connectivity index is 1.51. The number of halogens is 2. The fraction of sp³-hybridized carbons (Fsp3) is 0.632. The highest BCUT2D eigenvalue weighted by molar-refractivity contribution is 6.35.